The molecule has 2 rings (SSSR count). The number of carbonyl (C=O) groups excluding carboxylic acids is 1. The average molecular weight is 307 g/mol. The van der Waals surface area contributed by atoms with Crippen molar-refractivity contribution in [2.75, 3.05) is 5.75 Å². The van der Waals surface area contributed by atoms with E-state index in [0.717, 1.165) is 17.3 Å². The fraction of sp³-hybridized carbons (Fsp3) is 0.188. The highest BCUT2D eigenvalue weighted by molar-refractivity contribution is 8.00. The van der Waals surface area contributed by atoms with Crippen LogP contribution in [-0.4, -0.2) is 11.7 Å². The minimum atomic E-state index is -0.329. The smallest absolute Gasteiger partial charge is 0.230 e. The van der Waals surface area contributed by atoms with Crippen LogP contribution in [0.5, 0.6) is 0 Å². The number of amides is 1. The van der Waals surface area contributed by atoms with Crippen LogP contribution < -0.4 is 5.32 Å². The monoisotopic (exact) mass is 307 g/mol. The predicted octanol–water partition coefficient (Wildman–Crippen LogP) is 3.68. The highest BCUT2D eigenvalue weighted by Crippen LogP contribution is 2.20. The fourth-order valence-corrected chi connectivity index (χ4v) is 2.54. The van der Waals surface area contributed by atoms with Gasteiger partial charge in [0.2, 0.25) is 5.91 Å². The molecule has 0 saturated heterocycles. The summed E-state index contributed by atoms with van der Waals surface area (Å²) in [5.41, 5.74) is 1.38. The Kier molecular flexibility index (Phi) is 5.33. The van der Waals surface area contributed by atoms with Crippen molar-refractivity contribution in [3.63, 3.8) is 0 Å². The van der Waals surface area contributed by atoms with E-state index in [1.807, 2.05) is 0 Å². The normalized spacial score (nSPS) is 10.4. The van der Waals surface area contributed by atoms with Crippen molar-refractivity contribution in [2.24, 2.45) is 0 Å². The molecular weight excluding hydrogens is 292 g/mol. The van der Waals surface area contributed by atoms with Crippen LogP contribution in [0, 0.1) is 18.6 Å². The number of benzene rings is 2. The third-order valence-electron chi connectivity index (χ3n) is 2.91. The quantitative estimate of drug-likeness (QED) is 0.854. The largest absolute Gasteiger partial charge is 0.351 e. The van der Waals surface area contributed by atoms with Crippen molar-refractivity contribution in [3.8, 4) is 0 Å². The SMILES string of the molecule is Cc1cc(CNC(=O)CSc2ccccc2F)ccc1F. The molecule has 110 valence electrons. The standard InChI is InChI=1S/C16H15F2NOS/c1-11-8-12(6-7-13(11)17)9-19-16(20)10-21-15-5-3-2-4-14(15)18/h2-8H,9-10H2,1H3,(H,19,20). The Morgan fingerprint density at radius 2 is 1.90 bits per heavy atom. The lowest BCUT2D eigenvalue weighted by atomic mass is 10.1. The summed E-state index contributed by atoms with van der Waals surface area (Å²) in [6.45, 7) is 2.01. The average Bonchev–Trinajstić information content (AvgIpc) is 2.47. The van der Waals surface area contributed by atoms with Crippen molar-refractivity contribution in [3.05, 3.63) is 65.2 Å². The molecule has 0 unspecified atom stereocenters. The van der Waals surface area contributed by atoms with Gasteiger partial charge in [0.1, 0.15) is 11.6 Å². The first-order valence-corrected chi connectivity index (χ1v) is 7.44. The Balaban J connectivity index is 1.82. The van der Waals surface area contributed by atoms with Gasteiger partial charge < -0.3 is 5.32 Å². The summed E-state index contributed by atoms with van der Waals surface area (Å²) in [6.07, 6.45) is 0. The topological polar surface area (TPSA) is 29.1 Å². The number of carbonyl (C=O) groups is 1. The zero-order chi connectivity index (χ0) is 15.2. The van der Waals surface area contributed by atoms with Gasteiger partial charge in [-0.2, -0.15) is 0 Å². The van der Waals surface area contributed by atoms with Crippen LogP contribution in [0.1, 0.15) is 11.1 Å². The van der Waals surface area contributed by atoms with Gasteiger partial charge in [0, 0.05) is 11.4 Å². The van der Waals surface area contributed by atoms with Gasteiger partial charge >= 0.3 is 0 Å². The van der Waals surface area contributed by atoms with E-state index in [-0.39, 0.29) is 23.3 Å². The summed E-state index contributed by atoms with van der Waals surface area (Å²) in [4.78, 5) is 12.2. The number of halogens is 2. The molecule has 0 aliphatic carbocycles. The van der Waals surface area contributed by atoms with E-state index in [9.17, 15) is 13.6 Å². The lowest BCUT2D eigenvalue weighted by molar-refractivity contribution is -0.118. The maximum absolute atomic E-state index is 13.4. The van der Waals surface area contributed by atoms with Gasteiger partial charge in [-0.3, -0.25) is 4.79 Å². The molecule has 0 heterocycles. The minimum Gasteiger partial charge on any atom is -0.351 e. The second-order valence-electron chi connectivity index (χ2n) is 4.58. The van der Waals surface area contributed by atoms with Gasteiger partial charge in [0.25, 0.3) is 0 Å². The third-order valence-corrected chi connectivity index (χ3v) is 3.96. The number of hydrogen-bond donors (Lipinski definition) is 1. The first kappa shape index (κ1) is 15.5. The molecule has 0 aliphatic heterocycles. The maximum atomic E-state index is 13.4. The Labute approximate surface area is 126 Å². The van der Waals surface area contributed by atoms with Crippen molar-refractivity contribution in [2.45, 2.75) is 18.4 Å². The van der Waals surface area contributed by atoms with E-state index < -0.39 is 0 Å². The van der Waals surface area contributed by atoms with Crippen LogP contribution in [0.25, 0.3) is 0 Å². The number of hydrogen-bond acceptors (Lipinski definition) is 2. The van der Waals surface area contributed by atoms with E-state index in [1.54, 1.807) is 37.3 Å². The summed E-state index contributed by atoms with van der Waals surface area (Å²) >= 11 is 1.15. The highest BCUT2D eigenvalue weighted by Gasteiger charge is 2.06. The van der Waals surface area contributed by atoms with Gasteiger partial charge in [0.05, 0.1) is 5.75 Å². The Morgan fingerprint density at radius 1 is 1.14 bits per heavy atom. The molecule has 0 fully saturated rings. The first-order valence-electron chi connectivity index (χ1n) is 6.45. The Hall–Kier alpha value is -1.88. The molecular formula is C16H15F2NOS. The van der Waals surface area contributed by atoms with Crippen molar-refractivity contribution in [1.29, 1.82) is 0 Å². The van der Waals surface area contributed by atoms with Crippen molar-refractivity contribution >= 4 is 17.7 Å². The molecule has 2 aromatic rings. The Bertz CT molecular complexity index is 646. The number of rotatable bonds is 5. The van der Waals surface area contributed by atoms with Crippen molar-refractivity contribution in [1.82, 2.24) is 5.32 Å². The van der Waals surface area contributed by atoms with Crippen LogP contribution >= 0.6 is 11.8 Å². The highest BCUT2D eigenvalue weighted by atomic mass is 32.2. The van der Waals surface area contributed by atoms with Gasteiger partial charge in [-0.05, 0) is 36.2 Å². The van der Waals surface area contributed by atoms with Gasteiger partial charge in [0.15, 0.2) is 0 Å². The van der Waals surface area contributed by atoms with Gasteiger partial charge in [-0.1, -0.05) is 24.3 Å². The Morgan fingerprint density at radius 3 is 2.62 bits per heavy atom. The lowest BCUT2D eigenvalue weighted by Gasteiger charge is -2.07. The minimum absolute atomic E-state index is 0.140. The molecule has 2 aromatic carbocycles. The van der Waals surface area contributed by atoms with Crippen molar-refractivity contribution < 1.29 is 13.6 Å². The molecule has 21 heavy (non-hydrogen) atoms. The second kappa shape index (κ2) is 7.22. The molecule has 0 saturated carbocycles. The molecule has 2 nitrogen and oxygen atoms in total. The maximum Gasteiger partial charge on any atom is 0.230 e. The molecule has 0 spiro atoms. The number of nitrogens with one attached hydrogen (secondary N) is 1. The lowest BCUT2D eigenvalue weighted by Crippen LogP contribution is -2.24. The molecule has 0 radical (unpaired) electrons. The van der Waals surface area contributed by atoms with E-state index in [4.69, 9.17) is 0 Å². The van der Waals surface area contributed by atoms with Crippen LogP contribution in [0.4, 0.5) is 8.78 Å². The zero-order valence-corrected chi connectivity index (χ0v) is 12.3. The molecule has 1 N–H and O–H groups in total. The fourth-order valence-electron chi connectivity index (χ4n) is 1.77. The van der Waals surface area contributed by atoms with Crippen LogP contribution in [0.2, 0.25) is 0 Å². The van der Waals surface area contributed by atoms with E-state index in [1.165, 1.54) is 12.1 Å². The van der Waals surface area contributed by atoms with Crippen LogP contribution in [0.3, 0.4) is 0 Å². The molecule has 0 aliphatic rings. The van der Waals surface area contributed by atoms with E-state index in [2.05, 4.69) is 5.32 Å². The number of aryl methyl sites for hydroxylation is 1. The summed E-state index contributed by atoms with van der Waals surface area (Å²) < 4.78 is 26.5. The number of thioether (sulfide) groups is 1. The van der Waals surface area contributed by atoms with E-state index in [0.29, 0.717) is 17.0 Å². The second-order valence-corrected chi connectivity index (χ2v) is 5.60. The molecule has 0 aromatic heterocycles. The summed E-state index contributed by atoms with van der Waals surface area (Å²) in [5.74, 6) is -0.643. The van der Waals surface area contributed by atoms with Gasteiger partial charge in [-0.15, -0.1) is 11.8 Å². The molecule has 0 bridgehead atoms. The predicted molar refractivity (Wildman–Crippen MR) is 80.1 cm³/mol. The summed E-state index contributed by atoms with van der Waals surface area (Å²) in [6, 6.07) is 11.0. The molecule has 0 atom stereocenters. The van der Waals surface area contributed by atoms with Crippen LogP contribution in [0.15, 0.2) is 47.4 Å². The molecule has 1 amide bonds. The van der Waals surface area contributed by atoms with Gasteiger partial charge in [-0.25, -0.2) is 8.78 Å². The first-order chi connectivity index (χ1) is 10.1. The van der Waals surface area contributed by atoms with Crippen LogP contribution in [-0.2, 0) is 11.3 Å². The third kappa shape index (κ3) is 4.56. The van der Waals surface area contributed by atoms with E-state index >= 15 is 0 Å². The zero-order valence-electron chi connectivity index (χ0n) is 11.5. The summed E-state index contributed by atoms with van der Waals surface area (Å²) in [5, 5.41) is 2.73. The summed E-state index contributed by atoms with van der Waals surface area (Å²) in [7, 11) is 0. The molecule has 5 heteroatoms.